The minimum Gasteiger partial charge on any atom is -0.309 e. The van der Waals surface area contributed by atoms with E-state index >= 15 is 0 Å². The summed E-state index contributed by atoms with van der Waals surface area (Å²) in [5.41, 5.74) is 16.9. The fraction of sp³-hybridized carbons (Fsp3) is 0. The van der Waals surface area contributed by atoms with Crippen LogP contribution in [0.5, 0.6) is 0 Å². The van der Waals surface area contributed by atoms with Crippen LogP contribution in [0.2, 0.25) is 0 Å². The summed E-state index contributed by atoms with van der Waals surface area (Å²) in [6.07, 6.45) is 0. The van der Waals surface area contributed by atoms with Crippen LogP contribution in [0.25, 0.3) is 132 Å². The van der Waals surface area contributed by atoms with Crippen molar-refractivity contribution in [1.82, 2.24) is 23.7 Å². The van der Waals surface area contributed by atoms with Crippen LogP contribution in [0, 0.1) is 29.2 Å². The second-order valence-electron chi connectivity index (χ2n) is 18.7. The highest BCUT2D eigenvalue weighted by molar-refractivity contribution is 6.14. The molecule has 0 amide bonds. The first-order chi connectivity index (χ1) is 37.0. The van der Waals surface area contributed by atoms with E-state index in [0.717, 1.165) is 105 Å². The maximum atomic E-state index is 10.7. The first-order valence-corrected chi connectivity index (χ1v) is 24.6. The fourth-order valence-corrected chi connectivity index (χ4v) is 11.1. The maximum absolute atomic E-state index is 10.7. The largest absolute Gasteiger partial charge is 0.309 e. The number of benzene rings is 10. The summed E-state index contributed by atoms with van der Waals surface area (Å²) in [7, 11) is 0. The third-order valence-corrected chi connectivity index (χ3v) is 14.5. The van der Waals surface area contributed by atoms with Crippen LogP contribution in [-0.2, 0) is 0 Å². The molecule has 4 heterocycles. The van der Waals surface area contributed by atoms with Crippen molar-refractivity contribution in [3.05, 3.63) is 253 Å². The maximum Gasteiger partial charge on any atom is 0.188 e. The molecular weight excluding hydrogens is 917 g/mol. The Labute approximate surface area is 430 Å². The molecule has 0 saturated carbocycles. The van der Waals surface area contributed by atoms with Gasteiger partial charge < -0.3 is 13.7 Å². The van der Waals surface area contributed by atoms with Crippen molar-refractivity contribution in [2.45, 2.75) is 0 Å². The Morgan fingerprint density at radius 2 is 0.853 bits per heavy atom. The number of hydrogen-bond acceptors (Lipinski definition) is 4. The molecule has 0 spiro atoms. The normalized spacial score (nSPS) is 11.4. The van der Waals surface area contributed by atoms with Crippen LogP contribution in [0.4, 0.5) is 5.69 Å². The Bertz CT molecular complexity index is 4610. The molecule has 0 saturated heterocycles. The second kappa shape index (κ2) is 17.2. The van der Waals surface area contributed by atoms with Crippen molar-refractivity contribution >= 4 is 71.1 Å². The molecule has 0 aliphatic heterocycles. The zero-order valence-corrected chi connectivity index (χ0v) is 40.0. The molecule has 8 heteroatoms. The Hall–Kier alpha value is -10.9. The molecule has 10 aromatic carbocycles. The molecule has 0 unspecified atom stereocenters. The van der Waals surface area contributed by atoms with Gasteiger partial charge in [-0.25, -0.2) is 14.8 Å². The molecule has 0 aliphatic rings. The van der Waals surface area contributed by atoms with Crippen molar-refractivity contribution in [2.24, 2.45) is 0 Å². The van der Waals surface area contributed by atoms with E-state index in [1.54, 1.807) is 0 Å². The number of para-hydroxylation sites is 2. The van der Waals surface area contributed by atoms with E-state index in [2.05, 4.69) is 146 Å². The first kappa shape index (κ1) is 43.0. The van der Waals surface area contributed by atoms with Gasteiger partial charge in [0, 0.05) is 60.7 Å². The van der Waals surface area contributed by atoms with Gasteiger partial charge in [0.25, 0.3) is 0 Å². The van der Waals surface area contributed by atoms with E-state index in [9.17, 15) is 10.5 Å². The molecule has 8 nitrogen and oxygen atoms in total. The summed E-state index contributed by atoms with van der Waals surface area (Å²) in [6.45, 7) is 7.79. The van der Waals surface area contributed by atoms with Gasteiger partial charge in [-0.15, -0.1) is 0 Å². The molecular formula is C67H38N8. The first-order valence-electron chi connectivity index (χ1n) is 24.6. The van der Waals surface area contributed by atoms with Gasteiger partial charge >= 0.3 is 0 Å². The average molecular weight is 955 g/mol. The number of hydrogen-bond donors (Lipinski definition) is 0. The van der Waals surface area contributed by atoms with Gasteiger partial charge in [0.05, 0.1) is 74.3 Å². The summed E-state index contributed by atoms with van der Waals surface area (Å²) >= 11 is 0. The van der Waals surface area contributed by atoms with Crippen LogP contribution in [0.3, 0.4) is 0 Å². The Balaban J connectivity index is 0.917. The molecule has 346 valence electrons. The zero-order valence-electron chi connectivity index (χ0n) is 40.0. The number of nitriles is 2. The highest BCUT2D eigenvalue weighted by Crippen LogP contribution is 2.41. The lowest BCUT2D eigenvalue weighted by molar-refractivity contribution is 1.16. The van der Waals surface area contributed by atoms with Crippen LogP contribution in [-0.4, -0.2) is 23.7 Å². The SMILES string of the molecule is [C-]#[N+]c1ccc2c(c1)c1cc(C#N)ccc1n2-c1ccc2c(c1)c1cc(-n3c4ccccc4c4ccccc43)ccc1n2-c1ccc(-c2ccc(-c3cc(-c4ccccc4)nc(-c4ccccc4)n3)c(C#N)c2)cc1. The van der Waals surface area contributed by atoms with Crippen LogP contribution in [0.1, 0.15) is 11.1 Å². The van der Waals surface area contributed by atoms with E-state index in [1.165, 1.54) is 10.8 Å². The van der Waals surface area contributed by atoms with E-state index in [0.29, 0.717) is 28.3 Å². The number of nitrogens with zero attached hydrogens (tertiary/aromatic N) is 8. The van der Waals surface area contributed by atoms with Gasteiger partial charge in [-0.05, 0) is 120 Å². The predicted molar refractivity (Wildman–Crippen MR) is 302 cm³/mol. The minimum atomic E-state index is 0.520. The lowest BCUT2D eigenvalue weighted by Crippen LogP contribution is -1.97. The van der Waals surface area contributed by atoms with E-state index in [-0.39, 0.29) is 0 Å². The van der Waals surface area contributed by atoms with E-state index < -0.39 is 0 Å². The third kappa shape index (κ3) is 6.96. The quantitative estimate of drug-likeness (QED) is 0.149. The van der Waals surface area contributed by atoms with Gasteiger partial charge in [0.2, 0.25) is 0 Å². The highest BCUT2D eigenvalue weighted by atomic mass is 15.0. The number of fused-ring (bicyclic) bond motifs is 9. The van der Waals surface area contributed by atoms with E-state index in [4.69, 9.17) is 16.5 Å². The molecule has 14 aromatic rings. The van der Waals surface area contributed by atoms with E-state index in [1.807, 2.05) is 115 Å². The molecule has 0 bridgehead atoms. The summed E-state index contributed by atoms with van der Waals surface area (Å²) in [5.74, 6) is 0.595. The lowest BCUT2D eigenvalue weighted by atomic mass is 9.97. The Morgan fingerprint density at radius 1 is 0.360 bits per heavy atom. The van der Waals surface area contributed by atoms with Gasteiger partial charge in [-0.1, -0.05) is 127 Å². The summed E-state index contributed by atoms with van der Waals surface area (Å²) in [5, 5.41) is 27.0. The van der Waals surface area contributed by atoms with Crippen molar-refractivity contribution in [1.29, 1.82) is 10.5 Å². The van der Waals surface area contributed by atoms with Gasteiger partial charge in [0.1, 0.15) is 0 Å². The molecule has 0 N–H and O–H groups in total. The molecule has 14 rings (SSSR count). The molecule has 0 atom stereocenters. The van der Waals surface area contributed by atoms with Gasteiger partial charge in [-0.2, -0.15) is 10.5 Å². The molecule has 0 fully saturated rings. The van der Waals surface area contributed by atoms with Gasteiger partial charge in [-0.3, -0.25) is 0 Å². The predicted octanol–water partition coefficient (Wildman–Crippen LogP) is 16.7. The molecule has 75 heavy (non-hydrogen) atoms. The average Bonchev–Trinajstić information content (AvgIpc) is 4.15. The van der Waals surface area contributed by atoms with Crippen LogP contribution < -0.4 is 0 Å². The highest BCUT2D eigenvalue weighted by Gasteiger charge is 2.21. The van der Waals surface area contributed by atoms with Crippen LogP contribution in [0.15, 0.2) is 231 Å². The number of aromatic nitrogens is 5. The lowest BCUT2D eigenvalue weighted by Gasteiger charge is -2.13. The van der Waals surface area contributed by atoms with Crippen LogP contribution >= 0.6 is 0 Å². The summed E-state index contributed by atoms with van der Waals surface area (Å²) < 4.78 is 6.93. The molecule has 0 radical (unpaired) electrons. The Kier molecular flexibility index (Phi) is 9.85. The number of rotatable bonds is 7. The Morgan fingerprint density at radius 3 is 1.47 bits per heavy atom. The fourth-order valence-electron chi connectivity index (χ4n) is 11.1. The zero-order chi connectivity index (χ0) is 50.1. The van der Waals surface area contributed by atoms with Crippen molar-refractivity contribution in [2.75, 3.05) is 0 Å². The van der Waals surface area contributed by atoms with Crippen molar-refractivity contribution in [3.8, 4) is 74.2 Å². The van der Waals surface area contributed by atoms with Crippen molar-refractivity contribution in [3.63, 3.8) is 0 Å². The third-order valence-electron chi connectivity index (χ3n) is 14.5. The molecule has 0 aliphatic carbocycles. The van der Waals surface area contributed by atoms with Gasteiger partial charge in [0.15, 0.2) is 11.5 Å². The monoisotopic (exact) mass is 954 g/mol. The second-order valence-corrected chi connectivity index (χ2v) is 18.7. The topological polar surface area (TPSA) is 92.5 Å². The van der Waals surface area contributed by atoms with Crippen molar-refractivity contribution < 1.29 is 0 Å². The molecule has 4 aromatic heterocycles. The summed E-state index contributed by atoms with van der Waals surface area (Å²) in [4.78, 5) is 13.7. The standard InChI is InChI=1S/C67H38N8/c1-70-48-24-31-64-56(36-48)55-34-42(40-68)20-30-63(55)75(64)51-28-33-66-58(38-51)57-37-50(74-61-18-10-8-16-53(61)54-17-9-11-19-62(54)74)27-32-65(57)73(66)49-25-21-43(22-26-49)46-23-29-52(47(35-46)41-69)60-39-59(44-12-4-2-5-13-44)71-67(72-60)45-14-6-3-7-15-45/h2-39H. The smallest absolute Gasteiger partial charge is 0.188 e. The summed E-state index contributed by atoms with van der Waals surface area (Å²) in [6, 6.07) is 83.4. The minimum absolute atomic E-state index is 0.520.